The molecule has 0 aliphatic heterocycles. The van der Waals surface area contributed by atoms with Crippen LogP contribution in [-0.2, 0) is 6.42 Å². The Hall–Kier alpha value is -3.38. The first kappa shape index (κ1) is 17.7. The summed E-state index contributed by atoms with van der Waals surface area (Å²) in [4.78, 5) is 0. The molecule has 0 amide bonds. The standard InChI is InChI=1S/C29H24/c1-3-11-22(12-4-1)26(23-13-5-2-6-14-23)20-19-25-21-24-15-7-8-16-27(24)29-18-10-9-17-28(25)29/h1-18,21,26H,19-20H2. The molecule has 0 saturated carbocycles. The van der Waals surface area contributed by atoms with Gasteiger partial charge in [-0.15, -0.1) is 0 Å². The summed E-state index contributed by atoms with van der Waals surface area (Å²) < 4.78 is 0. The fourth-order valence-corrected chi connectivity index (χ4v) is 4.53. The summed E-state index contributed by atoms with van der Waals surface area (Å²) >= 11 is 0. The maximum Gasteiger partial charge on any atom is 0.00925 e. The minimum atomic E-state index is 0.405. The van der Waals surface area contributed by atoms with Gasteiger partial charge in [0.25, 0.3) is 0 Å². The summed E-state index contributed by atoms with van der Waals surface area (Å²) in [6.45, 7) is 0. The first-order valence-corrected chi connectivity index (χ1v) is 10.4. The van der Waals surface area contributed by atoms with Crippen molar-refractivity contribution < 1.29 is 0 Å². The molecule has 5 aromatic rings. The highest BCUT2D eigenvalue weighted by Gasteiger charge is 2.15. The molecule has 0 heterocycles. The van der Waals surface area contributed by atoms with Crippen LogP contribution in [0.5, 0.6) is 0 Å². The fraction of sp³-hybridized carbons (Fsp3) is 0.103. The van der Waals surface area contributed by atoms with Gasteiger partial charge in [-0.25, -0.2) is 0 Å². The molecule has 0 aromatic heterocycles. The molecule has 0 bridgehead atoms. The van der Waals surface area contributed by atoms with E-state index in [1.165, 1.54) is 38.2 Å². The fourth-order valence-electron chi connectivity index (χ4n) is 4.53. The highest BCUT2D eigenvalue weighted by Crippen LogP contribution is 2.33. The van der Waals surface area contributed by atoms with Crippen LogP contribution < -0.4 is 0 Å². The Bertz CT molecular complexity index is 1200. The average Bonchev–Trinajstić information content (AvgIpc) is 2.81. The van der Waals surface area contributed by atoms with Crippen molar-refractivity contribution in [3.8, 4) is 0 Å². The zero-order valence-corrected chi connectivity index (χ0v) is 16.5. The maximum absolute atomic E-state index is 2.39. The Labute approximate surface area is 172 Å². The van der Waals surface area contributed by atoms with Crippen LogP contribution in [0.2, 0.25) is 0 Å². The molecule has 0 aliphatic rings. The Balaban J connectivity index is 1.55. The molecule has 0 spiro atoms. The van der Waals surface area contributed by atoms with Crippen molar-refractivity contribution >= 4 is 21.5 Å². The summed E-state index contributed by atoms with van der Waals surface area (Å²) in [7, 11) is 0. The number of rotatable bonds is 5. The van der Waals surface area contributed by atoms with Crippen molar-refractivity contribution in [3.05, 3.63) is 132 Å². The highest BCUT2D eigenvalue weighted by atomic mass is 14.2. The van der Waals surface area contributed by atoms with Crippen LogP contribution in [0.15, 0.2) is 115 Å². The lowest BCUT2D eigenvalue weighted by Gasteiger charge is -2.19. The van der Waals surface area contributed by atoms with Crippen molar-refractivity contribution in [2.24, 2.45) is 0 Å². The smallest absolute Gasteiger partial charge is 0.00925 e. The number of hydrogen-bond acceptors (Lipinski definition) is 0. The van der Waals surface area contributed by atoms with Gasteiger partial charge in [-0.2, -0.15) is 0 Å². The Morgan fingerprint density at radius 2 is 1.00 bits per heavy atom. The quantitative estimate of drug-likeness (QED) is 0.277. The predicted octanol–water partition coefficient (Wildman–Crippen LogP) is 7.76. The van der Waals surface area contributed by atoms with Crippen molar-refractivity contribution in [1.82, 2.24) is 0 Å². The van der Waals surface area contributed by atoms with Crippen LogP contribution in [0.3, 0.4) is 0 Å². The van der Waals surface area contributed by atoms with Crippen molar-refractivity contribution in [3.63, 3.8) is 0 Å². The second kappa shape index (κ2) is 7.93. The molecule has 5 rings (SSSR count). The molecule has 0 atom stereocenters. The third-order valence-electron chi connectivity index (χ3n) is 5.96. The number of aryl methyl sites for hydroxylation is 1. The van der Waals surface area contributed by atoms with E-state index in [9.17, 15) is 0 Å². The number of fused-ring (bicyclic) bond motifs is 3. The largest absolute Gasteiger partial charge is 0.0622 e. The van der Waals surface area contributed by atoms with Crippen molar-refractivity contribution in [2.75, 3.05) is 0 Å². The van der Waals surface area contributed by atoms with Gasteiger partial charge in [-0.1, -0.05) is 115 Å². The molecule has 5 aromatic carbocycles. The minimum Gasteiger partial charge on any atom is -0.0622 e. The lowest BCUT2D eigenvalue weighted by Crippen LogP contribution is -2.03. The molecule has 0 radical (unpaired) electrons. The van der Waals surface area contributed by atoms with Crippen LogP contribution in [0.25, 0.3) is 21.5 Å². The average molecular weight is 373 g/mol. The van der Waals surface area contributed by atoms with Gasteiger partial charge in [-0.3, -0.25) is 0 Å². The van der Waals surface area contributed by atoms with Gasteiger partial charge in [-0.05, 0) is 51.1 Å². The van der Waals surface area contributed by atoms with E-state index in [2.05, 4.69) is 115 Å². The summed E-state index contributed by atoms with van der Waals surface area (Å²) in [6, 6.07) is 41.8. The Morgan fingerprint density at radius 1 is 0.483 bits per heavy atom. The topological polar surface area (TPSA) is 0 Å². The molecule has 29 heavy (non-hydrogen) atoms. The Morgan fingerprint density at radius 3 is 1.66 bits per heavy atom. The van der Waals surface area contributed by atoms with Crippen LogP contribution >= 0.6 is 0 Å². The lowest BCUT2D eigenvalue weighted by atomic mass is 9.85. The third-order valence-corrected chi connectivity index (χ3v) is 5.96. The molecule has 0 unspecified atom stereocenters. The lowest BCUT2D eigenvalue weighted by molar-refractivity contribution is 0.718. The third kappa shape index (κ3) is 3.54. The first-order chi connectivity index (χ1) is 14.4. The van der Waals surface area contributed by atoms with E-state index in [-0.39, 0.29) is 0 Å². The normalized spacial score (nSPS) is 11.3. The van der Waals surface area contributed by atoms with Crippen LogP contribution in [0, 0.1) is 0 Å². The van der Waals surface area contributed by atoms with E-state index >= 15 is 0 Å². The molecule has 0 saturated heterocycles. The van der Waals surface area contributed by atoms with Gasteiger partial charge in [0.2, 0.25) is 0 Å². The van der Waals surface area contributed by atoms with Gasteiger partial charge in [0, 0.05) is 5.92 Å². The van der Waals surface area contributed by atoms with E-state index in [4.69, 9.17) is 0 Å². The zero-order valence-electron chi connectivity index (χ0n) is 16.5. The Kier molecular flexibility index (Phi) is 4.84. The van der Waals surface area contributed by atoms with Crippen molar-refractivity contribution in [1.29, 1.82) is 0 Å². The van der Waals surface area contributed by atoms with E-state index in [0.29, 0.717) is 5.92 Å². The predicted molar refractivity (Wildman–Crippen MR) is 125 cm³/mol. The molecule has 0 aliphatic carbocycles. The summed E-state index contributed by atoms with van der Waals surface area (Å²) in [6.07, 6.45) is 2.15. The summed E-state index contributed by atoms with van der Waals surface area (Å²) in [5, 5.41) is 5.41. The second-order valence-corrected chi connectivity index (χ2v) is 7.72. The first-order valence-electron chi connectivity index (χ1n) is 10.4. The van der Waals surface area contributed by atoms with E-state index in [1.54, 1.807) is 0 Å². The molecule has 0 nitrogen and oxygen atoms in total. The molecule has 0 fully saturated rings. The maximum atomic E-state index is 2.39. The van der Waals surface area contributed by atoms with E-state index in [1.807, 2.05) is 0 Å². The van der Waals surface area contributed by atoms with Gasteiger partial charge in [0.15, 0.2) is 0 Å². The van der Waals surface area contributed by atoms with Crippen molar-refractivity contribution in [2.45, 2.75) is 18.8 Å². The number of hydrogen-bond donors (Lipinski definition) is 0. The summed E-state index contributed by atoms with van der Waals surface area (Å²) in [5.41, 5.74) is 4.23. The van der Waals surface area contributed by atoms with Crippen LogP contribution in [0.1, 0.15) is 29.0 Å². The van der Waals surface area contributed by atoms with E-state index in [0.717, 1.165) is 12.8 Å². The second-order valence-electron chi connectivity index (χ2n) is 7.72. The van der Waals surface area contributed by atoms with Crippen LogP contribution in [0.4, 0.5) is 0 Å². The van der Waals surface area contributed by atoms with Gasteiger partial charge >= 0.3 is 0 Å². The molecular weight excluding hydrogens is 348 g/mol. The molecule has 0 heteroatoms. The number of benzene rings is 5. The van der Waals surface area contributed by atoms with Gasteiger partial charge < -0.3 is 0 Å². The van der Waals surface area contributed by atoms with Crippen LogP contribution in [-0.4, -0.2) is 0 Å². The molecular formula is C29H24. The molecule has 140 valence electrons. The minimum absolute atomic E-state index is 0.405. The monoisotopic (exact) mass is 372 g/mol. The molecule has 0 N–H and O–H groups in total. The van der Waals surface area contributed by atoms with Gasteiger partial charge in [0.05, 0.1) is 0 Å². The summed E-state index contributed by atoms with van der Waals surface area (Å²) in [5.74, 6) is 0.405. The van der Waals surface area contributed by atoms with E-state index < -0.39 is 0 Å². The highest BCUT2D eigenvalue weighted by molar-refractivity contribution is 6.08. The zero-order chi connectivity index (χ0) is 19.5. The SMILES string of the molecule is c1ccc(C(CCc2cc3ccccc3c3ccccc23)c2ccccc2)cc1. The van der Waals surface area contributed by atoms with Gasteiger partial charge in [0.1, 0.15) is 0 Å².